The minimum atomic E-state index is -1.43. The molecule has 4 aromatic rings. The van der Waals surface area contributed by atoms with Gasteiger partial charge >= 0.3 is 0 Å². The molecule has 43 heavy (non-hydrogen) atoms. The molecule has 0 atom stereocenters. The molecule has 0 saturated heterocycles. The van der Waals surface area contributed by atoms with Gasteiger partial charge in [0.25, 0.3) is 0 Å². The van der Waals surface area contributed by atoms with Crippen LogP contribution in [0.25, 0.3) is 0 Å². The highest BCUT2D eigenvalue weighted by Crippen LogP contribution is 2.74. The van der Waals surface area contributed by atoms with Gasteiger partial charge in [0.15, 0.2) is 0 Å². The van der Waals surface area contributed by atoms with Crippen molar-refractivity contribution in [3.05, 3.63) is 136 Å². The Morgan fingerprint density at radius 2 is 0.698 bits per heavy atom. The SMILES string of the molecule is C[Si](C)(C)C#Cc1ccc(C23CC4(c5ccc(I)cc5)CC(c5ccc(I)cc5)(CC(c5ccc(I)cc5)(C4)C2)C3)cc1. The molecule has 8 rings (SSSR count). The maximum Gasteiger partial charge on any atom is 0.129 e. The van der Waals surface area contributed by atoms with Crippen LogP contribution in [-0.2, 0) is 21.7 Å². The van der Waals surface area contributed by atoms with Gasteiger partial charge in [0.2, 0.25) is 0 Å². The molecule has 218 valence electrons. The molecule has 0 nitrogen and oxygen atoms in total. The number of hydrogen-bond acceptors (Lipinski definition) is 0. The first-order valence-corrected chi connectivity index (χ1v) is 22.1. The van der Waals surface area contributed by atoms with E-state index in [1.165, 1.54) is 54.8 Å². The molecule has 4 heteroatoms. The van der Waals surface area contributed by atoms with Gasteiger partial charge in [-0.3, -0.25) is 0 Å². The number of rotatable bonds is 4. The van der Waals surface area contributed by atoms with Crippen molar-refractivity contribution in [1.82, 2.24) is 0 Å². The zero-order chi connectivity index (χ0) is 30.1. The predicted octanol–water partition coefficient (Wildman–Crippen LogP) is 11.2. The monoisotopic (exact) mass is 914 g/mol. The first-order chi connectivity index (χ1) is 20.4. The Bertz CT molecular complexity index is 1560. The molecule has 4 aromatic carbocycles. The third-order valence-corrected chi connectivity index (χ3v) is 13.5. The molecule has 4 aliphatic carbocycles. The topological polar surface area (TPSA) is 0 Å². The lowest BCUT2D eigenvalue weighted by Gasteiger charge is -2.71. The van der Waals surface area contributed by atoms with E-state index in [0.717, 1.165) is 5.56 Å². The van der Waals surface area contributed by atoms with E-state index in [-0.39, 0.29) is 21.7 Å². The minimum absolute atomic E-state index is 0.106. The Labute approximate surface area is 299 Å². The normalized spacial score (nSPS) is 29.3. The summed E-state index contributed by atoms with van der Waals surface area (Å²) in [6.45, 7) is 6.96. The molecular formula is C39H37I3Si. The van der Waals surface area contributed by atoms with Gasteiger partial charge in [-0.1, -0.05) is 74.1 Å². The molecule has 0 spiro atoms. The van der Waals surface area contributed by atoms with E-state index >= 15 is 0 Å². The van der Waals surface area contributed by atoms with Gasteiger partial charge in [0, 0.05) is 16.3 Å². The largest absolute Gasteiger partial charge is 0.129 e. The maximum atomic E-state index is 3.58. The van der Waals surface area contributed by atoms with Crippen LogP contribution >= 0.6 is 67.8 Å². The summed E-state index contributed by atoms with van der Waals surface area (Å²) in [5.74, 6) is 3.51. The van der Waals surface area contributed by atoms with E-state index in [4.69, 9.17) is 0 Å². The van der Waals surface area contributed by atoms with E-state index in [0.29, 0.717) is 0 Å². The van der Waals surface area contributed by atoms with E-state index < -0.39 is 8.07 Å². The van der Waals surface area contributed by atoms with Crippen LogP contribution in [0.1, 0.15) is 66.3 Å². The standard InChI is InChI=1S/C39H37I3Si/c1-43(2,3)21-20-28-4-6-29(7-5-28)36-22-37(30-8-14-33(40)15-9-30)25-38(23-36,31-10-16-34(41)17-11-31)27-39(24-36,26-37)32-12-18-35(42)19-13-32/h4-19H,22-27H2,1-3H3. The summed E-state index contributed by atoms with van der Waals surface area (Å²) in [7, 11) is -1.43. The molecule has 4 bridgehead atoms. The molecule has 0 heterocycles. The highest BCUT2D eigenvalue weighted by Gasteiger charge is 2.69. The van der Waals surface area contributed by atoms with Gasteiger partial charge in [-0.2, -0.15) is 0 Å². The lowest BCUT2D eigenvalue weighted by atomic mass is 9.32. The van der Waals surface area contributed by atoms with Gasteiger partial charge < -0.3 is 0 Å². The molecule has 4 saturated carbocycles. The molecule has 0 aromatic heterocycles. The summed E-state index contributed by atoms with van der Waals surface area (Å²) in [4.78, 5) is 0. The Kier molecular flexibility index (Phi) is 7.79. The van der Waals surface area contributed by atoms with Crippen LogP contribution < -0.4 is 0 Å². The quantitative estimate of drug-likeness (QED) is 0.109. The third-order valence-electron chi connectivity index (χ3n) is 10.5. The average molecular weight is 915 g/mol. The minimum Gasteiger partial charge on any atom is -0.127 e. The van der Waals surface area contributed by atoms with E-state index in [1.807, 2.05) is 0 Å². The van der Waals surface area contributed by atoms with Gasteiger partial charge in [0.05, 0.1) is 0 Å². The molecule has 0 amide bonds. The second-order valence-corrected chi connectivity index (χ2v) is 23.3. The fourth-order valence-corrected chi connectivity index (χ4v) is 11.0. The van der Waals surface area contributed by atoms with Crippen molar-refractivity contribution in [2.45, 2.75) is 79.8 Å². The summed E-state index contributed by atoms with van der Waals surface area (Å²) in [5, 5.41) is 0. The van der Waals surface area contributed by atoms with Gasteiger partial charge in [0.1, 0.15) is 8.07 Å². The van der Waals surface area contributed by atoms with Crippen molar-refractivity contribution < 1.29 is 0 Å². The molecule has 0 N–H and O–H groups in total. The van der Waals surface area contributed by atoms with Crippen molar-refractivity contribution in [3.63, 3.8) is 0 Å². The molecule has 0 unspecified atom stereocenters. The predicted molar refractivity (Wildman–Crippen MR) is 209 cm³/mol. The van der Waals surface area contributed by atoms with Crippen LogP contribution in [-0.4, -0.2) is 8.07 Å². The van der Waals surface area contributed by atoms with E-state index in [9.17, 15) is 0 Å². The van der Waals surface area contributed by atoms with Crippen molar-refractivity contribution >= 4 is 75.8 Å². The van der Waals surface area contributed by atoms with Crippen LogP contribution in [0.15, 0.2) is 97.1 Å². The molecule has 0 aliphatic heterocycles. The zero-order valence-corrected chi connectivity index (χ0v) is 32.6. The molecule has 0 radical (unpaired) electrons. The first-order valence-electron chi connectivity index (χ1n) is 15.3. The van der Waals surface area contributed by atoms with E-state index in [2.05, 4.69) is 196 Å². The van der Waals surface area contributed by atoms with Gasteiger partial charge in [-0.15, -0.1) is 5.54 Å². The number of benzene rings is 4. The Morgan fingerprint density at radius 3 is 0.953 bits per heavy atom. The van der Waals surface area contributed by atoms with Crippen LogP contribution in [0.3, 0.4) is 0 Å². The summed E-state index contributed by atoms with van der Waals surface area (Å²) >= 11 is 7.39. The van der Waals surface area contributed by atoms with Crippen molar-refractivity contribution in [2.75, 3.05) is 0 Å². The van der Waals surface area contributed by atoms with Crippen LogP contribution in [0, 0.1) is 22.2 Å². The summed E-state index contributed by atoms with van der Waals surface area (Å²) in [6.07, 6.45) is 7.36. The zero-order valence-electron chi connectivity index (χ0n) is 25.1. The smallest absolute Gasteiger partial charge is 0.127 e. The van der Waals surface area contributed by atoms with Gasteiger partial charge in [-0.25, -0.2) is 0 Å². The summed E-state index contributed by atoms with van der Waals surface area (Å²) < 4.78 is 3.95. The van der Waals surface area contributed by atoms with Crippen LogP contribution in [0.5, 0.6) is 0 Å². The second kappa shape index (κ2) is 11.0. The Morgan fingerprint density at radius 1 is 0.442 bits per heavy atom. The third kappa shape index (κ3) is 5.61. The average Bonchev–Trinajstić information content (AvgIpc) is 2.96. The molecular weight excluding hydrogens is 877 g/mol. The fraction of sp³-hybridized carbons (Fsp3) is 0.333. The van der Waals surface area contributed by atoms with E-state index in [1.54, 1.807) is 16.7 Å². The second-order valence-electron chi connectivity index (χ2n) is 14.8. The highest BCUT2D eigenvalue weighted by molar-refractivity contribution is 14.1. The number of halogens is 3. The fourth-order valence-electron chi connectivity index (χ4n) is 9.44. The van der Waals surface area contributed by atoms with Crippen molar-refractivity contribution in [2.24, 2.45) is 0 Å². The summed E-state index contributed by atoms with van der Waals surface area (Å²) in [6, 6.07) is 38.3. The van der Waals surface area contributed by atoms with Crippen LogP contribution in [0.4, 0.5) is 0 Å². The lowest BCUT2D eigenvalue weighted by molar-refractivity contribution is -0.0691. The Hall–Kier alpha value is -1.15. The first kappa shape index (κ1) is 30.5. The highest BCUT2D eigenvalue weighted by atomic mass is 127. The van der Waals surface area contributed by atoms with Crippen molar-refractivity contribution in [3.8, 4) is 11.5 Å². The van der Waals surface area contributed by atoms with Crippen molar-refractivity contribution in [1.29, 1.82) is 0 Å². The number of hydrogen-bond donors (Lipinski definition) is 0. The van der Waals surface area contributed by atoms with Gasteiger partial charge in [-0.05, 0) is 199 Å². The molecule has 4 aliphatic rings. The lowest BCUT2D eigenvalue weighted by Crippen LogP contribution is -2.67. The summed E-state index contributed by atoms with van der Waals surface area (Å²) in [5.41, 5.74) is 11.4. The molecule has 4 fully saturated rings. The Balaban J connectivity index is 1.45. The van der Waals surface area contributed by atoms with Crippen LogP contribution in [0.2, 0.25) is 19.6 Å². The maximum absolute atomic E-state index is 3.58.